The number of nitrogens with two attached hydrogens (primary N) is 3. The molecule has 1 heterocycles. The lowest BCUT2D eigenvalue weighted by Gasteiger charge is -2.29. The van der Waals surface area contributed by atoms with Gasteiger partial charge in [-0.3, -0.25) is 19.4 Å². The van der Waals surface area contributed by atoms with Gasteiger partial charge in [0.05, 0.1) is 12.6 Å². The van der Waals surface area contributed by atoms with Crippen LogP contribution in [-0.4, -0.2) is 101 Å². The van der Waals surface area contributed by atoms with Crippen LogP contribution >= 0.6 is 11.8 Å². The fourth-order valence-corrected chi connectivity index (χ4v) is 3.85. The number of guanidine groups is 1. The highest BCUT2D eigenvalue weighted by Crippen LogP contribution is 2.20. The Hall–Kier alpha value is -2.58. The number of aliphatic carboxylic acids is 1. The van der Waals surface area contributed by atoms with Crippen LogP contribution in [0.5, 0.6) is 0 Å². The first-order valence-corrected chi connectivity index (χ1v) is 12.1. The third-order valence-corrected chi connectivity index (χ3v) is 5.81. The first-order valence-electron chi connectivity index (χ1n) is 10.7. The molecule has 3 amide bonds. The second kappa shape index (κ2) is 14.5. The van der Waals surface area contributed by atoms with Crippen molar-refractivity contribution in [2.24, 2.45) is 22.2 Å². The van der Waals surface area contributed by atoms with E-state index in [0.717, 1.165) is 0 Å². The molecule has 0 aromatic heterocycles. The first kappa shape index (κ1) is 28.5. The molecule has 14 heteroatoms. The lowest BCUT2D eigenvalue weighted by Crippen LogP contribution is -2.57. The van der Waals surface area contributed by atoms with Crippen LogP contribution in [0.25, 0.3) is 0 Å². The molecule has 0 spiro atoms. The monoisotopic (exact) mass is 489 g/mol. The second-order valence-electron chi connectivity index (χ2n) is 7.67. The van der Waals surface area contributed by atoms with Crippen molar-refractivity contribution in [3.05, 3.63) is 0 Å². The van der Waals surface area contributed by atoms with E-state index in [9.17, 15) is 19.2 Å². The highest BCUT2D eigenvalue weighted by atomic mass is 32.2. The smallest absolute Gasteiger partial charge is 0.328 e. The maximum atomic E-state index is 13.2. The number of aliphatic hydroxyl groups excluding tert-OH is 1. The SMILES string of the molecule is CSCCC(NC(=O)C(N)CCCN=C(N)N)C(=O)N1CCCC1C(=O)NC(CO)C(=O)O. The Kier molecular flexibility index (Phi) is 12.5. The summed E-state index contributed by atoms with van der Waals surface area (Å²) in [6.07, 6.45) is 3.91. The molecule has 1 rings (SSSR count). The first-order chi connectivity index (χ1) is 15.6. The van der Waals surface area contributed by atoms with Gasteiger partial charge in [0.25, 0.3) is 0 Å². The van der Waals surface area contributed by atoms with E-state index in [-0.39, 0.29) is 5.96 Å². The summed E-state index contributed by atoms with van der Waals surface area (Å²) >= 11 is 1.50. The quantitative estimate of drug-likeness (QED) is 0.0750. The molecular formula is C19H35N7O6S. The lowest BCUT2D eigenvalue weighted by molar-refractivity contribution is -0.145. The summed E-state index contributed by atoms with van der Waals surface area (Å²) in [5, 5.41) is 23.1. The number of nitrogens with zero attached hydrogens (tertiary/aromatic N) is 2. The molecule has 0 aromatic carbocycles. The molecule has 188 valence electrons. The normalized spacial score (nSPS) is 18.2. The summed E-state index contributed by atoms with van der Waals surface area (Å²) in [7, 11) is 0. The van der Waals surface area contributed by atoms with E-state index >= 15 is 0 Å². The molecular weight excluding hydrogens is 454 g/mol. The highest BCUT2D eigenvalue weighted by Gasteiger charge is 2.38. The van der Waals surface area contributed by atoms with E-state index in [2.05, 4.69) is 15.6 Å². The average Bonchev–Trinajstić information content (AvgIpc) is 3.26. The van der Waals surface area contributed by atoms with Gasteiger partial charge in [0.15, 0.2) is 5.96 Å². The molecule has 0 aromatic rings. The number of carbonyl (C=O) groups is 4. The fourth-order valence-electron chi connectivity index (χ4n) is 3.38. The minimum Gasteiger partial charge on any atom is -0.480 e. The predicted octanol–water partition coefficient (Wildman–Crippen LogP) is -2.84. The van der Waals surface area contributed by atoms with Crippen molar-refractivity contribution >= 4 is 41.4 Å². The van der Waals surface area contributed by atoms with E-state index < -0.39 is 54.5 Å². The van der Waals surface area contributed by atoms with Gasteiger partial charge in [-0.25, -0.2) is 4.79 Å². The molecule has 0 bridgehead atoms. The zero-order chi connectivity index (χ0) is 25.0. The molecule has 13 nitrogen and oxygen atoms in total. The standard InChI is InChI=1S/C19H35N7O6S/c1-33-9-6-12(24-15(28)11(20)4-2-7-23-19(21)22)17(30)26-8-3-5-14(26)16(29)25-13(10-27)18(31)32/h11-14,27H,2-10,20H2,1H3,(H,24,28)(H,25,29)(H,31,32)(H4,21,22,23). The zero-order valence-electron chi connectivity index (χ0n) is 18.7. The van der Waals surface area contributed by atoms with Crippen molar-refractivity contribution in [1.82, 2.24) is 15.5 Å². The van der Waals surface area contributed by atoms with Gasteiger partial charge in [0.1, 0.15) is 18.1 Å². The van der Waals surface area contributed by atoms with Gasteiger partial charge in [-0.15, -0.1) is 0 Å². The summed E-state index contributed by atoms with van der Waals surface area (Å²) < 4.78 is 0. The number of amides is 3. The van der Waals surface area contributed by atoms with Crippen molar-refractivity contribution in [3.8, 4) is 0 Å². The lowest BCUT2D eigenvalue weighted by atomic mass is 10.1. The van der Waals surface area contributed by atoms with Crippen LogP contribution in [0.3, 0.4) is 0 Å². The van der Waals surface area contributed by atoms with Gasteiger partial charge in [-0.2, -0.15) is 11.8 Å². The number of aliphatic hydroxyl groups is 1. The molecule has 4 unspecified atom stereocenters. The summed E-state index contributed by atoms with van der Waals surface area (Å²) in [5.74, 6) is -2.42. The van der Waals surface area contributed by atoms with Crippen LogP contribution in [0.1, 0.15) is 32.1 Å². The highest BCUT2D eigenvalue weighted by molar-refractivity contribution is 7.98. The minimum atomic E-state index is -1.46. The number of nitrogens with one attached hydrogen (secondary N) is 2. The number of carboxylic acids is 1. The third-order valence-electron chi connectivity index (χ3n) is 5.17. The van der Waals surface area contributed by atoms with Gasteiger partial charge < -0.3 is 42.9 Å². The second-order valence-corrected chi connectivity index (χ2v) is 8.66. The molecule has 1 fully saturated rings. The Labute approximate surface area is 196 Å². The van der Waals surface area contributed by atoms with Crippen molar-refractivity contribution in [1.29, 1.82) is 0 Å². The van der Waals surface area contributed by atoms with Crippen LogP contribution in [0.4, 0.5) is 0 Å². The van der Waals surface area contributed by atoms with Gasteiger partial charge in [0.2, 0.25) is 17.7 Å². The Morgan fingerprint density at radius 1 is 1.18 bits per heavy atom. The topological polar surface area (TPSA) is 226 Å². The Bertz CT molecular complexity index is 719. The van der Waals surface area contributed by atoms with Gasteiger partial charge in [-0.1, -0.05) is 0 Å². The Morgan fingerprint density at radius 3 is 2.45 bits per heavy atom. The van der Waals surface area contributed by atoms with Crippen LogP contribution in [0.2, 0.25) is 0 Å². The average molecular weight is 490 g/mol. The van der Waals surface area contributed by atoms with Gasteiger partial charge in [-0.05, 0) is 44.1 Å². The van der Waals surface area contributed by atoms with E-state index in [1.807, 2.05) is 6.26 Å². The molecule has 0 radical (unpaired) electrons. The van der Waals surface area contributed by atoms with Crippen LogP contribution in [-0.2, 0) is 19.2 Å². The number of aliphatic imine (C=N–C) groups is 1. The minimum absolute atomic E-state index is 0.0476. The van der Waals surface area contributed by atoms with Crippen molar-refractivity contribution in [2.75, 3.05) is 31.7 Å². The number of carbonyl (C=O) groups excluding carboxylic acids is 3. The van der Waals surface area contributed by atoms with E-state index in [1.165, 1.54) is 16.7 Å². The summed E-state index contributed by atoms with van der Waals surface area (Å²) in [5.41, 5.74) is 16.5. The van der Waals surface area contributed by atoms with Crippen molar-refractivity contribution in [3.63, 3.8) is 0 Å². The van der Waals surface area contributed by atoms with Crippen LogP contribution in [0, 0.1) is 0 Å². The number of hydrogen-bond acceptors (Lipinski definition) is 8. The number of thioether (sulfide) groups is 1. The Morgan fingerprint density at radius 2 is 1.88 bits per heavy atom. The maximum Gasteiger partial charge on any atom is 0.328 e. The zero-order valence-corrected chi connectivity index (χ0v) is 19.6. The summed E-state index contributed by atoms with van der Waals surface area (Å²) in [4.78, 5) is 54.6. The Balaban J connectivity index is 2.81. The molecule has 1 aliphatic rings. The fraction of sp³-hybridized carbons (Fsp3) is 0.737. The van der Waals surface area contributed by atoms with Crippen LogP contribution < -0.4 is 27.8 Å². The summed E-state index contributed by atoms with van der Waals surface area (Å²) in [6, 6.07) is -4.08. The molecule has 0 saturated carbocycles. The summed E-state index contributed by atoms with van der Waals surface area (Å²) in [6.45, 7) is -0.146. The van der Waals surface area contributed by atoms with E-state index in [1.54, 1.807) is 0 Å². The van der Waals surface area contributed by atoms with Crippen LogP contribution in [0.15, 0.2) is 4.99 Å². The molecule has 4 atom stereocenters. The third kappa shape index (κ3) is 9.43. The molecule has 10 N–H and O–H groups in total. The van der Waals surface area contributed by atoms with Crippen molar-refractivity contribution in [2.45, 2.75) is 56.3 Å². The largest absolute Gasteiger partial charge is 0.480 e. The molecule has 1 aliphatic heterocycles. The number of hydrogen-bond donors (Lipinski definition) is 7. The molecule has 33 heavy (non-hydrogen) atoms. The van der Waals surface area contributed by atoms with Gasteiger partial charge >= 0.3 is 5.97 Å². The number of likely N-dealkylation sites (tertiary alicyclic amines) is 1. The van der Waals surface area contributed by atoms with E-state index in [0.29, 0.717) is 50.9 Å². The number of rotatable bonds is 14. The van der Waals surface area contributed by atoms with Gasteiger partial charge in [0, 0.05) is 13.1 Å². The predicted molar refractivity (Wildman–Crippen MR) is 124 cm³/mol. The van der Waals surface area contributed by atoms with Crippen molar-refractivity contribution < 1.29 is 29.4 Å². The maximum absolute atomic E-state index is 13.2. The molecule has 0 aliphatic carbocycles. The van der Waals surface area contributed by atoms with E-state index in [4.69, 9.17) is 27.4 Å². The number of carboxylic acid groups (broad SMARTS) is 1. The molecule has 1 saturated heterocycles.